The van der Waals surface area contributed by atoms with Gasteiger partial charge in [-0.05, 0) is 60.0 Å². The summed E-state index contributed by atoms with van der Waals surface area (Å²) in [7, 11) is 3.30. The van der Waals surface area contributed by atoms with Gasteiger partial charge in [0.05, 0.1) is 20.1 Å². The van der Waals surface area contributed by atoms with Crippen LogP contribution in [0.3, 0.4) is 0 Å². The second-order valence-corrected chi connectivity index (χ2v) is 8.21. The Morgan fingerprint density at radius 3 is 2.27 bits per heavy atom. The Labute approximate surface area is 195 Å². The number of ether oxygens (including phenoxy) is 3. The fourth-order valence-electron chi connectivity index (χ4n) is 4.49. The Morgan fingerprint density at radius 2 is 1.70 bits per heavy atom. The quantitative estimate of drug-likeness (QED) is 0.704. The third kappa shape index (κ3) is 4.59. The zero-order valence-corrected chi connectivity index (χ0v) is 19.3. The number of rotatable bonds is 6. The Bertz CT molecular complexity index is 1140. The van der Waals surface area contributed by atoms with Gasteiger partial charge in [0, 0.05) is 18.7 Å². The van der Waals surface area contributed by atoms with Crippen molar-refractivity contribution in [3.05, 3.63) is 88.0 Å². The molecule has 2 aliphatic rings. The Morgan fingerprint density at radius 1 is 1.06 bits per heavy atom. The highest BCUT2D eigenvalue weighted by molar-refractivity contribution is 5.63. The van der Waals surface area contributed by atoms with Crippen molar-refractivity contribution in [3.8, 4) is 17.6 Å². The SMILES string of the molecule is CCCN1CC(=Cc2ccc(OC)cc2)C2=C(C1)[C@@H](c1ccc(OC)cc1)C(C#N)=C(N)O2. The van der Waals surface area contributed by atoms with E-state index < -0.39 is 0 Å². The largest absolute Gasteiger partial charge is 0.497 e. The lowest BCUT2D eigenvalue weighted by Crippen LogP contribution is -2.38. The molecular formula is C27H29N3O3. The molecule has 0 unspecified atom stereocenters. The molecule has 6 nitrogen and oxygen atoms in total. The second-order valence-electron chi connectivity index (χ2n) is 8.21. The van der Waals surface area contributed by atoms with Gasteiger partial charge in [-0.15, -0.1) is 0 Å². The summed E-state index contributed by atoms with van der Waals surface area (Å²) in [5.41, 5.74) is 10.9. The summed E-state index contributed by atoms with van der Waals surface area (Å²) < 4.78 is 16.7. The molecule has 2 aromatic rings. The van der Waals surface area contributed by atoms with Crippen molar-refractivity contribution < 1.29 is 14.2 Å². The van der Waals surface area contributed by atoms with E-state index in [0.717, 1.165) is 65.6 Å². The maximum Gasteiger partial charge on any atom is 0.205 e. The van der Waals surface area contributed by atoms with E-state index in [1.54, 1.807) is 14.2 Å². The van der Waals surface area contributed by atoms with Gasteiger partial charge < -0.3 is 19.9 Å². The van der Waals surface area contributed by atoms with Gasteiger partial charge in [0.25, 0.3) is 0 Å². The van der Waals surface area contributed by atoms with Crippen molar-refractivity contribution >= 4 is 6.08 Å². The Kier molecular flexibility index (Phi) is 6.71. The van der Waals surface area contributed by atoms with Crippen molar-refractivity contribution in [2.45, 2.75) is 19.3 Å². The van der Waals surface area contributed by atoms with E-state index in [2.05, 4.69) is 24.0 Å². The summed E-state index contributed by atoms with van der Waals surface area (Å²) in [5, 5.41) is 9.95. The zero-order chi connectivity index (χ0) is 23.4. The Hall–Kier alpha value is -3.69. The van der Waals surface area contributed by atoms with Gasteiger partial charge in [-0.1, -0.05) is 31.2 Å². The van der Waals surface area contributed by atoms with E-state index in [4.69, 9.17) is 19.9 Å². The van der Waals surface area contributed by atoms with E-state index in [0.29, 0.717) is 5.57 Å². The minimum atomic E-state index is -0.261. The van der Waals surface area contributed by atoms with Crippen LogP contribution in [0.2, 0.25) is 0 Å². The number of nitriles is 1. The van der Waals surface area contributed by atoms with Crippen molar-refractivity contribution in [2.24, 2.45) is 5.73 Å². The Balaban J connectivity index is 1.82. The fourth-order valence-corrected chi connectivity index (χ4v) is 4.49. The number of nitrogens with two attached hydrogens (primary N) is 1. The molecule has 2 aliphatic heterocycles. The van der Waals surface area contributed by atoms with Gasteiger partial charge in [-0.3, -0.25) is 4.90 Å². The molecular weight excluding hydrogens is 414 g/mol. The first kappa shape index (κ1) is 22.5. The van der Waals surface area contributed by atoms with Gasteiger partial charge in [0.2, 0.25) is 5.88 Å². The highest BCUT2D eigenvalue weighted by Crippen LogP contribution is 2.44. The average Bonchev–Trinajstić information content (AvgIpc) is 2.84. The molecule has 0 amide bonds. The van der Waals surface area contributed by atoms with Crippen LogP contribution in [0.5, 0.6) is 11.5 Å². The van der Waals surface area contributed by atoms with Crippen LogP contribution in [0.1, 0.15) is 30.4 Å². The molecule has 2 N–H and O–H groups in total. The lowest BCUT2D eigenvalue weighted by molar-refractivity contribution is 0.234. The van der Waals surface area contributed by atoms with Gasteiger partial charge in [0.1, 0.15) is 28.9 Å². The maximum absolute atomic E-state index is 9.95. The summed E-state index contributed by atoms with van der Waals surface area (Å²) in [5.74, 6) is 2.26. The number of methoxy groups -OCH3 is 2. The predicted octanol–water partition coefficient (Wildman–Crippen LogP) is 4.57. The van der Waals surface area contributed by atoms with Crippen LogP contribution >= 0.6 is 0 Å². The molecule has 1 atom stereocenters. The smallest absolute Gasteiger partial charge is 0.205 e. The van der Waals surface area contributed by atoms with E-state index >= 15 is 0 Å². The molecule has 0 aromatic heterocycles. The van der Waals surface area contributed by atoms with Crippen LogP contribution in [0.15, 0.2) is 76.9 Å². The number of nitrogens with zero attached hydrogens (tertiary/aromatic N) is 2. The lowest BCUT2D eigenvalue weighted by atomic mass is 9.80. The lowest BCUT2D eigenvalue weighted by Gasteiger charge is -2.38. The van der Waals surface area contributed by atoms with Crippen LogP contribution in [-0.2, 0) is 4.74 Å². The van der Waals surface area contributed by atoms with E-state index in [1.165, 1.54) is 0 Å². The van der Waals surface area contributed by atoms with Crippen LogP contribution in [-0.4, -0.2) is 38.8 Å². The summed E-state index contributed by atoms with van der Waals surface area (Å²) in [4.78, 5) is 2.39. The van der Waals surface area contributed by atoms with Crippen molar-refractivity contribution in [1.82, 2.24) is 4.90 Å². The number of hydrogen-bond donors (Lipinski definition) is 1. The minimum absolute atomic E-state index is 0.168. The first-order chi connectivity index (χ1) is 16.1. The zero-order valence-electron chi connectivity index (χ0n) is 19.3. The molecule has 6 heteroatoms. The third-order valence-electron chi connectivity index (χ3n) is 6.05. The summed E-state index contributed by atoms with van der Waals surface area (Å²) in [6.45, 7) is 4.60. The molecule has 0 aliphatic carbocycles. The maximum atomic E-state index is 9.95. The van der Waals surface area contributed by atoms with Crippen LogP contribution < -0.4 is 15.2 Å². The summed E-state index contributed by atoms with van der Waals surface area (Å²) in [6, 6.07) is 18.0. The normalized spacial score (nSPS) is 19.7. The highest BCUT2D eigenvalue weighted by atomic mass is 16.5. The molecule has 2 heterocycles. The van der Waals surface area contributed by atoms with Crippen LogP contribution in [0, 0.1) is 11.3 Å². The molecule has 0 saturated heterocycles. The van der Waals surface area contributed by atoms with Crippen molar-refractivity contribution in [1.29, 1.82) is 5.26 Å². The molecule has 0 fully saturated rings. The first-order valence-electron chi connectivity index (χ1n) is 11.1. The minimum Gasteiger partial charge on any atom is -0.497 e. The second kappa shape index (κ2) is 9.85. The van der Waals surface area contributed by atoms with Crippen molar-refractivity contribution in [3.63, 3.8) is 0 Å². The summed E-state index contributed by atoms with van der Waals surface area (Å²) in [6.07, 6.45) is 3.17. The van der Waals surface area contributed by atoms with E-state index in [1.807, 2.05) is 48.5 Å². The molecule has 4 rings (SSSR count). The molecule has 33 heavy (non-hydrogen) atoms. The van der Waals surface area contributed by atoms with Crippen LogP contribution in [0.4, 0.5) is 0 Å². The molecule has 0 spiro atoms. The fraction of sp³-hybridized carbons (Fsp3) is 0.296. The molecule has 170 valence electrons. The first-order valence-corrected chi connectivity index (χ1v) is 11.1. The van der Waals surface area contributed by atoms with E-state index in [-0.39, 0.29) is 11.8 Å². The highest BCUT2D eigenvalue weighted by Gasteiger charge is 2.37. The third-order valence-corrected chi connectivity index (χ3v) is 6.05. The number of benzene rings is 2. The van der Waals surface area contributed by atoms with Crippen LogP contribution in [0.25, 0.3) is 6.08 Å². The van der Waals surface area contributed by atoms with Gasteiger partial charge in [0.15, 0.2) is 0 Å². The number of allylic oxidation sites excluding steroid dienone is 1. The number of hydrogen-bond acceptors (Lipinski definition) is 6. The van der Waals surface area contributed by atoms with Gasteiger partial charge in [-0.2, -0.15) is 5.26 Å². The predicted molar refractivity (Wildman–Crippen MR) is 128 cm³/mol. The molecule has 0 saturated carbocycles. The standard InChI is InChI=1S/C27H29N3O3/c1-4-13-30-16-20(14-18-5-9-21(31-2)10-6-18)26-24(17-30)25(23(15-28)27(29)33-26)19-7-11-22(32-3)12-8-19/h5-12,14,25H,4,13,16-17,29H2,1-3H3/t25-/m0/s1. The molecule has 2 aromatic carbocycles. The molecule has 0 radical (unpaired) electrons. The average molecular weight is 444 g/mol. The van der Waals surface area contributed by atoms with Crippen molar-refractivity contribution in [2.75, 3.05) is 33.9 Å². The van der Waals surface area contributed by atoms with Gasteiger partial charge >= 0.3 is 0 Å². The van der Waals surface area contributed by atoms with E-state index in [9.17, 15) is 5.26 Å². The van der Waals surface area contributed by atoms with Gasteiger partial charge in [-0.25, -0.2) is 0 Å². The molecule has 0 bridgehead atoms. The topological polar surface area (TPSA) is 80.7 Å². The summed E-state index contributed by atoms with van der Waals surface area (Å²) >= 11 is 0. The monoisotopic (exact) mass is 443 g/mol.